The number of amides is 2. The highest BCUT2D eigenvalue weighted by atomic mass is 16.5. The van der Waals surface area contributed by atoms with Crippen LogP contribution in [0.3, 0.4) is 0 Å². The number of ether oxygens (including phenoxy) is 1. The molecule has 154 valence electrons. The van der Waals surface area contributed by atoms with Crippen LogP contribution in [-0.4, -0.2) is 41.4 Å². The fourth-order valence-corrected chi connectivity index (χ4v) is 3.15. The number of anilines is 1. The summed E-state index contributed by atoms with van der Waals surface area (Å²) in [7, 11) is 1.54. The maximum atomic E-state index is 11.9. The Labute approximate surface area is 170 Å². The molecule has 0 aliphatic rings. The number of carboxylic acid groups (broad SMARTS) is 1. The molecule has 0 saturated carbocycles. The van der Waals surface area contributed by atoms with E-state index < -0.39 is 5.97 Å². The van der Waals surface area contributed by atoms with Crippen LogP contribution < -0.4 is 10.1 Å². The first-order valence-electron chi connectivity index (χ1n) is 9.30. The highest BCUT2D eigenvalue weighted by Crippen LogP contribution is 2.36. The molecule has 0 aliphatic heterocycles. The fraction of sp³-hybridized carbons (Fsp3) is 0.318. The van der Waals surface area contributed by atoms with Crippen molar-refractivity contribution in [2.24, 2.45) is 0 Å². The van der Waals surface area contributed by atoms with Gasteiger partial charge >= 0.3 is 5.97 Å². The quantitative estimate of drug-likeness (QED) is 0.711. The molecule has 0 fully saturated rings. The first-order valence-corrected chi connectivity index (χ1v) is 9.30. The molecule has 2 rings (SSSR count). The summed E-state index contributed by atoms with van der Waals surface area (Å²) < 4.78 is 5.50. The second-order valence-corrected chi connectivity index (χ2v) is 6.69. The molecule has 0 unspecified atom stereocenters. The van der Waals surface area contributed by atoms with Crippen molar-refractivity contribution in [3.63, 3.8) is 0 Å². The number of hydrogen-bond donors (Lipinski definition) is 2. The molecule has 0 saturated heterocycles. The van der Waals surface area contributed by atoms with Crippen molar-refractivity contribution < 1.29 is 24.2 Å². The van der Waals surface area contributed by atoms with Gasteiger partial charge in [0.25, 0.3) is 0 Å². The summed E-state index contributed by atoms with van der Waals surface area (Å²) in [6.45, 7) is 5.78. The number of rotatable bonds is 8. The van der Waals surface area contributed by atoms with Crippen LogP contribution in [0.15, 0.2) is 36.4 Å². The number of hydrogen-bond acceptors (Lipinski definition) is 4. The molecule has 29 heavy (non-hydrogen) atoms. The summed E-state index contributed by atoms with van der Waals surface area (Å²) in [6, 6.07) is 10.7. The zero-order valence-corrected chi connectivity index (χ0v) is 17.1. The number of carboxylic acids is 1. The topological polar surface area (TPSA) is 95.9 Å². The number of carbonyl (C=O) groups is 3. The van der Waals surface area contributed by atoms with Crippen LogP contribution in [0.4, 0.5) is 5.69 Å². The lowest BCUT2D eigenvalue weighted by atomic mass is 9.95. The molecule has 0 spiro atoms. The van der Waals surface area contributed by atoms with E-state index in [0.29, 0.717) is 35.7 Å². The van der Waals surface area contributed by atoms with Crippen LogP contribution in [0.2, 0.25) is 0 Å². The Kier molecular flexibility index (Phi) is 7.36. The summed E-state index contributed by atoms with van der Waals surface area (Å²) in [4.78, 5) is 36.3. The van der Waals surface area contributed by atoms with Crippen molar-refractivity contribution in [2.45, 2.75) is 33.7 Å². The first kappa shape index (κ1) is 21.9. The third kappa shape index (κ3) is 5.81. The maximum Gasteiger partial charge on any atom is 0.307 e. The highest BCUT2D eigenvalue weighted by Gasteiger charge is 2.17. The first-order chi connectivity index (χ1) is 13.7. The molecular formula is C22H26N2O5. The van der Waals surface area contributed by atoms with Gasteiger partial charge in [0.15, 0.2) is 0 Å². The number of carbonyl (C=O) groups excluding carboxylic acids is 2. The minimum atomic E-state index is -0.929. The van der Waals surface area contributed by atoms with E-state index >= 15 is 0 Å². The average molecular weight is 398 g/mol. The molecular weight excluding hydrogens is 372 g/mol. The van der Waals surface area contributed by atoms with Gasteiger partial charge in [-0.05, 0) is 47.9 Å². The molecule has 0 aromatic heterocycles. The van der Waals surface area contributed by atoms with E-state index in [2.05, 4.69) is 5.32 Å². The Hall–Kier alpha value is -3.35. The molecule has 2 aromatic carbocycles. The molecule has 2 aromatic rings. The molecule has 7 heteroatoms. The number of aliphatic carboxylic acids is 1. The van der Waals surface area contributed by atoms with Gasteiger partial charge in [-0.2, -0.15) is 0 Å². The van der Waals surface area contributed by atoms with Crippen LogP contribution in [0.25, 0.3) is 11.1 Å². The van der Waals surface area contributed by atoms with E-state index in [1.165, 1.54) is 13.8 Å². The van der Waals surface area contributed by atoms with Crippen molar-refractivity contribution >= 4 is 23.5 Å². The summed E-state index contributed by atoms with van der Waals surface area (Å²) in [6.07, 6.45) is -0.119. The van der Waals surface area contributed by atoms with Crippen molar-refractivity contribution in [1.29, 1.82) is 0 Å². The lowest BCUT2D eigenvalue weighted by Crippen LogP contribution is -2.28. The zero-order chi connectivity index (χ0) is 21.6. The third-order valence-electron chi connectivity index (χ3n) is 4.53. The largest absolute Gasteiger partial charge is 0.496 e. The van der Waals surface area contributed by atoms with E-state index in [1.54, 1.807) is 36.3 Å². The minimum Gasteiger partial charge on any atom is -0.496 e. The van der Waals surface area contributed by atoms with Gasteiger partial charge in [0.05, 0.1) is 13.5 Å². The van der Waals surface area contributed by atoms with Crippen molar-refractivity contribution in [3.8, 4) is 16.9 Å². The Morgan fingerprint density at radius 2 is 1.79 bits per heavy atom. The predicted molar refractivity (Wildman–Crippen MR) is 111 cm³/mol. The van der Waals surface area contributed by atoms with Crippen LogP contribution in [0, 0.1) is 0 Å². The van der Waals surface area contributed by atoms with Crippen molar-refractivity contribution in [3.05, 3.63) is 47.5 Å². The second-order valence-electron chi connectivity index (χ2n) is 6.69. The fourth-order valence-electron chi connectivity index (χ4n) is 3.15. The minimum absolute atomic E-state index is 0.0454. The molecule has 2 N–H and O–H groups in total. The Balaban J connectivity index is 2.64. The molecule has 0 aliphatic carbocycles. The summed E-state index contributed by atoms with van der Waals surface area (Å²) >= 11 is 0. The predicted octanol–water partition coefficient (Wildman–Crippen LogP) is 3.32. The van der Waals surface area contributed by atoms with Crippen LogP contribution in [0.1, 0.15) is 31.9 Å². The zero-order valence-electron chi connectivity index (χ0n) is 17.1. The van der Waals surface area contributed by atoms with Crippen LogP contribution in [0.5, 0.6) is 5.75 Å². The molecule has 0 heterocycles. The standard InChI is InChI=1S/C22H26N2O5/c1-5-24(15(3)26)13-17-7-8-18(23-14(2)25)12-19(17)20-10-16(11-22(27)28)6-9-21(20)29-4/h6-10,12H,5,11,13H2,1-4H3,(H,23,25)(H,27,28). The smallest absolute Gasteiger partial charge is 0.307 e. The van der Waals surface area contributed by atoms with E-state index in [1.807, 2.05) is 19.1 Å². The molecule has 0 radical (unpaired) electrons. The van der Waals surface area contributed by atoms with Crippen molar-refractivity contribution in [2.75, 3.05) is 19.0 Å². The molecule has 2 amide bonds. The SMILES string of the molecule is CCN(Cc1ccc(NC(C)=O)cc1-c1cc(CC(=O)O)ccc1OC)C(C)=O. The lowest BCUT2D eigenvalue weighted by molar-refractivity contribution is -0.136. The van der Waals surface area contributed by atoms with Gasteiger partial charge < -0.3 is 20.1 Å². The Morgan fingerprint density at radius 1 is 1.07 bits per heavy atom. The van der Waals surface area contributed by atoms with Crippen molar-refractivity contribution in [1.82, 2.24) is 4.90 Å². The van der Waals surface area contributed by atoms with Gasteiger partial charge in [-0.3, -0.25) is 14.4 Å². The normalized spacial score (nSPS) is 10.3. The highest BCUT2D eigenvalue weighted by molar-refractivity contribution is 5.90. The number of methoxy groups -OCH3 is 1. The van der Waals surface area contributed by atoms with Gasteiger partial charge in [-0.1, -0.05) is 12.1 Å². The van der Waals surface area contributed by atoms with Crippen LogP contribution in [-0.2, 0) is 27.3 Å². The van der Waals surface area contributed by atoms with Gasteiger partial charge in [0, 0.05) is 38.2 Å². The van der Waals surface area contributed by atoms with Gasteiger partial charge in [-0.25, -0.2) is 0 Å². The lowest BCUT2D eigenvalue weighted by Gasteiger charge is -2.22. The van der Waals surface area contributed by atoms with Gasteiger partial charge in [-0.15, -0.1) is 0 Å². The Bertz CT molecular complexity index is 923. The summed E-state index contributed by atoms with van der Waals surface area (Å²) in [5, 5.41) is 11.9. The van der Waals surface area contributed by atoms with E-state index in [-0.39, 0.29) is 18.2 Å². The molecule has 0 bridgehead atoms. The van der Waals surface area contributed by atoms with E-state index in [4.69, 9.17) is 9.84 Å². The van der Waals surface area contributed by atoms with Crippen LogP contribution >= 0.6 is 0 Å². The Morgan fingerprint density at radius 3 is 2.34 bits per heavy atom. The summed E-state index contributed by atoms with van der Waals surface area (Å²) in [5.41, 5.74) is 3.56. The maximum absolute atomic E-state index is 11.9. The average Bonchev–Trinajstić information content (AvgIpc) is 2.65. The second kappa shape index (κ2) is 9.73. The van der Waals surface area contributed by atoms with E-state index in [0.717, 1.165) is 11.1 Å². The summed E-state index contributed by atoms with van der Waals surface area (Å²) in [5.74, 6) is -0.599. The number of nitrogens with zero attached hydrogens (tertiary/aromatic N) is 1. The van der Waals surface area contributed by atoms with Gasteiger partial charge in [0.1, 0.15) is 5.75 Å². The van der Waals surface area contributed by atoms with E-state index in [9.17, 15) is 14.4 Å². The molecule has 7 nitrogen and oxygen atoms in total. The monoisotopic (exact) mass is 398 g/mol. The number of nitrogens with one attached hydrogen (secondary N) is 1. The third-order valence-corrected chi connectivity index (χ3v) is 4.53. The molecule has 0 atom stereocenters. The number of benzene rings is 2. The van der Waals surface area contributed by atoms with Gasteiger partial charge in [0.2, 0.25) is 11.8 Å².